The Labute approximate surface area is 121 Å². The molecular weight excluding hydrogens is 306 g/mol. The van der Waals surface area contributed by atoms with Gasteiger partial charge < -0.3 is 10.5 Å². The van der Waals surface area contributed by atoms with Gasteiger partial charge in [0.2, 0.25) is 5.88 Å². The molecule has 1 heterocycles. The number of hydrogen-bond donors (Lipinski definition) is 1. The molecule has 4 nitrogen and oxygen atoms in total. The summed E-state index contributed by atoms with van der Waals surface area (Å²) in [6.45, 7) is 2.55. The molecule has 0 aliphatic carbocycles. The molecule has 2 aromatic rings. The molecule has 0 aliphatic rings. The Hall–Kier alpha value is -1.62. The Balaban J connectivity index is 2.13. The van der Waals surface area contributed by atoms with Crippen LogP contribution in [0.25, 0.3) is 0 Å². The first-order valence-electron chi connectivity index (χ1n) is 6.17. The first-order valence-corrected chi connectivity index (χ1v) is 6.96. The Morgan fingerprint density at radius 1 is 1.32 bits per heavy atom. The first-order chi connectivity index (χ1) is 9.20. The highest BCUT2D eigenvalue weighted by Crippen LogP contribution is 2.22. The normalized spacial score (nSPS) is 10.4. The van der Waals surface area contributed by atoms with Gasteiger partial charge in [-0.05, 0) is 24.1 Å². The van der Waals surface area contributed by atoms with E-state index >= 15 is 0 Å². The summed E-state index contributed by atoms with van der Waals surface area (Å²) in [6, 6.07) is 7.98. The van der Waals surface area contributed by atoms with Crippen LogP contribution in [0.3, 0.4) is 0 Å². The number of benzene rings is 1. The van der Waals surface area contributed by atoms with Gasteiger partial charge in [0.05, 0.1) is 5.56 Å². The van der Waals surface area contributed by atoms with Crippen molar-refractivity contribution in [3.8, 4) is 5.88 Å². The van der Waals surface area contributed by atoms with Crippen LogP contribution in [-0.2, 0) is 13.0 Å². The van der Waals surface area contributed by atoms with Crippen LogP contribution in [0.1, 0.15) is 24.5 Å². The molecule has 0 amide bonds. The molecule has 100 valence electrons. The number of nitrogens with zero attached hydrogens (tertiary/aromatic N) is 2. The van der Waals surface area contributed by atoms with Crippen LogP contribution in [0.4, 0.5) is 5.82 Å². The third-order valence-corrected chi connectivity index (χ3v) is 3.20. The summed E-state index contributed by atoms with van der Waals surface area (Å²) in [5, 5.41) is 0. The van der Waals surface area contributed by atoms with Gasteiger partial charge in [0.1, 0.15) is 18.8 Å². The van der Waals surface area contributed by atoms with Crippen LogP contribution >= 0.6 is 15.9 Å². The van der Waals surface area contributed by atoms with E-state index in [-0.39, 0.29) is 0 Å². The third-order valence-electron chi connectivity index (χ3n) is 2.70. The average molecular weight is 322 g/mol. The molecule has 0 unspecified atom stereocenters. The Bertz CT molecular complexity index is 560. The second-order valence-corrected chi connectivity index (χ2v) is 5.13. The van der Waals surface area contributed by atoms with E-state index in [2.05, 4.69) is 32.8 Å². The van der Waals surface area contributed by atoms with E-state index in [1.54, 1.807) is 0 Å². The van der Waals surface area contributed by atoms with Crippen molar-refractivity contribution < 1.29 is 4.74 Å². The lowest BCUT2D eigenvalue weighted by molar-refractivity contribution is 0.290. The number of nitrogen functional groups attached to an aromatic ring is 1. The predicted molar refractivity (Wildman–Crippen MR) is 78.9 cm³/mol. The van der Waals surface area contributed by atoms with Gasteiger partial charge >= 0.3 is 0 Å². The summed E-state index contributed by atoms with van der Waals surface area (Å²) < 4.78 is 6.79. The molecule has 0 saturated carbocycles. The molecule has 0 atom stereocenters. The number of rotatable bonds is 5. The van der Waals surface area contributed by atoms with E-state index in [1.807, 2.05) is 24.3 Å². The minimum absolute atomic E-state index is 0.465. The van der Waals surface area contributed by atoms with Gasteiger partial charge in [-0.15, -0.1) is 0 Å². The molecule has 2 rings (SSSR count). The summed E-state index contributed by atoms with van der Waals surface area (Å²) in [6.07, 6.45) is 3.23. The number of hydrogen-bond acceptors (Lipinski definition) is 4. The molecule has 5 heteroatoms. The van der Waals surface area contributed by atoms with Crippen LogP contribution in [0.5, 0.6) is 5.88 Å². The maximum atomic E-state index is 5.86. The summed E-state index contributed by atoms with van der Waals surface area (Å²) in [5.74, 6) is 1.08. The van der Waals surface area contributed by atoms with Crippen molar-refractivity contribution >= 4 is 21.7 Å². The van der Waals surface area contributed by atoms with E-state index in [0.717, 1.165) is 28.4 Å². The molecule has 0 aliphatic heterocycles. The molecule has 0 fully saturated rings. The van der Waals surface area contributed by atoms with Gasteiger partial charge in [0.25, 0.3) is 0 Å². The molecule has 1 aromatic carbocycles. The summed E-state index contributed by atoms with van der Waals surface area (Å²) in [5.41, 5.74) is 7.83. The molecule has 1 aromatic heterocycles. The quantitative estimate of drug-likeness (QED) is 0.917. The lowest BCUT2D eigenvalue weighted by atomic mass is 10.2. The zero-order valence-corrected chi connectivity index (χ0v) is 12.4. The topological polar surface area (TPSA) is 61.0 Å². The summed E-state index contributed by atoms with van der Waals surface area (Å²) >= 11 is 3.44. The highest BCUT2D eigenvalue weighted by molar-refractivity contribution is 9.10. The monoisotopic (exact) mass is 321 g/mol. The molecule has 2 N–H and O–H groups in total. The predicted octanol–water partition coefficient (Wildman–Crippen LogP) is 3.35. The third kappa shape index (κ3) is 3.67. The fraction of sp³-hybridized carbons (Fsp3) is 0.286. The minimum Gasteiger partial charge on any atom is -0.472 e. The molecular formula is C14H16BrN3O. The standard InChI is InChI=1S/C14H16BrN3O/c1-2-4-12-13(16)17-9-18-14(12)19-8-10-5-3-6-11(15)7-10/h3,5-7,9H,2,4,8H2,1H3,(H2,16,17,18). The molecule has 0 spiro atoms. The maximum Gasteiger partial charge on any atom is 0.222 e. The second-order valence-electron chi connectivity index (χ2n) is 4.21. The van der Waals surface area contributed by atoms with E-state index in [4.69, 9.17) is 10.5 Å². The molecule has 19 heavy (non-hydrogen) atoms. The summed E-state index contributed by atoms with van der Waals surface area (Å²) in [7, 11) is 0. The van der Waals surface area contributed by atoms with Gasteiger partial charge in [-0.3, -0.25) is 0 Å². The fourth-order valence-electron chi connectivity index (χ4n) is 1.80. The van der Waals surface area contributed by atoms with Crippen LogP contribution in [0, 0.1) is 0 Å². The SMILES string of the molecule is CCCc1c(N)ncnc1OCc1cccc(Br)c1. The lowest BCUT2D eigenvalue weighted by Crippen LogP contribution is -2.05. The smallest absolute Gasteiger partial charge is 0.222 e. The number of nitrogens with two attached hydrogens (primary N) is 1. The summed E-state index contributed by atoms with van der Waals surface area (Å²) in [4.78, 5) is 8.18. The number of aromatic nitrogens is 2. The first kappa shape index (κ1) is 13.8. The maximum absolute atomic E-state index is 5.86. The van der Waals surface area contributed by atoms with Crippen LogP contribution in [0.2, 0.25) is 0 Å². The Morgan fingerprint density at radius 2 is 2.16 bits per heavy atom. The fourth-order valence-corrected chi connectivity index (χ4v) is 2.24. The Kier molecular flexibility index (Phi) is 4.74. The van der Waals surface area contributed by atoms with Gasteiger partial charge in [0.15, 0.2) is 0 Å². The van der Waals surface area contributed by atoms with Crippen molar-refractivity contribution in [2.75, 3.05) is 5.73 Å². The number of halogens is 1. The van der Waals surface area contributed by atoms with E-state index < -0.39 is 0 Å². The van der Waals surface area contributed by atoms with Gasteiger partial charge in [-0.25, -0.2) is 9.97 Å². The van der Waals surface area contributed by atoms with E-state index in [0.29, 0.717) is 18.3 Å². The highest BCUT2D eigenvalue weighted by Gasteiger charge is 2.09. The largest absolute Gasteiger partial charge is 0.472 e. The van der Waals surface area contributed by atoms with Crippen LogP contribution < -0.4 is 10.5 Å². The zero-order valence-electron chi connectivity index (χ0n) is 10.8. The molecule has 0 radical (unpaired) electrons. The van der Waals surface area contributed by atoms with Crippen molar-refractivity contribution in [3.05, 3.63) is 46.2 Å². The van der Waals surface area contributed by atoms with Crippen molar-refractivity contribution in [1.29, 1.82) is 0 Å². The lowest BCUT2D eigenvalue weighted by Gasteiger charge is -2.11. The zero-order chi connectivity index (χ0) is 13.7. The van der Waals surface area contributed by atoms with Crippen LogP contribution in [-0.4, -0.2) is 9.97 Å². The van der Waals surface area contributed by atoms with E-state index in [9.17, 15) is 0 Å². The Morgan fingerprint density at radius 3 is 2.89 bits per heavy atom. The van der Waals surface area contributed by atoms with Crippen molar-refractivity contribution in [2.24, 2.45) is 0 Å². The van der Waals surface area contributed by atoms with Crippen LogP contribution in [0.15, 0.2) is 35.1 Å². The highest BCUT2D eigenvalue weighted by atomic mass is 79.9. The van der Waals surface area contributed by atoms with E-state index in [1.165, 1.54) is 6.33 Å². The minimum atomic E-state index is 0.465. The van der Waals surface area contributed by atoms with Gasteiger partial charge in [-0.2, -0.15) is 0 Å². The number of anilines is 1. The second kappa shape index (κ2) is 6.52. The van der Waals surface area contributed by atoms with Gasteiger partial charge in [-0.1, -0.05) is 41.4 Å². The van der Waals surface area contributed by atoms with Crippen molar-refractivity contribution in [3.63, 3.8) is 0 Å². The number of ether oxygens (including phenoxy) is 1. The van der Waals surface area contributed by atoms with Crippen molar-refractivity contribution in [1.82, 2.24) is 9.97 Å². The molecule has 0 saturated heterocycles. The average Bonchev–Trinajstić information content (AvgIpc) is 2.40. The van der Waals surface area contributed by atoms with Gasteiger partial charge in [0, 0.05) is 4.47 Å². The molecule has 0 bridgehead atoms. The van der Waals surface area contributed by atoms with Crippen molar-refractivity contribution in [2.45, 2.75) is 26.4 Å².